The lowest BCUT2D eigenvalue weighted by molar-refractivity contribution is -0.137. The fraction of sp³-hybridized carbons (Fsp3) is 0.857. The van der Waals surface area contributed by atoms with Crippen molar-refractivity contribution in [1.82, 2.24) is 14.7 Å². The molecule has 0 bridgehead atoms. The van der Waals surface area contributed by atoms with E-state index in [1.54, 1.807) is 4.90 Å². The van der Waals surface area contributed by atoms with Gasteiger partial charge in [-0.15, -0.1) is 0 Å². The Kier molecular flexibility index (Phi) is 6.78. The van der Waals surface area contributed by atoms with Crippen LogP contribution in [-0.2, 0) is 4.79 Å². The molecule has 6 nitrogen and oxygen atoms in total. The standard InChI is InChI=1S/C14H27N3O3/c1-4-5-17(11-13(18)19)14(20)16-8-6-15(7-9-16)10-12(2)3/h12H,4-11H2,1-3H3,(H,18,19). The van der Waals surface area contributed by atoms with Crippen LogP contribution in [0.1, 0.15) is 27.2 Å². The number of rotatable bonds is 6. The van der Waals surface area contributed by atoms with Crippen molar-refractivity contribution >= 4 is 12.0 Å². The topological polar surface area (TPSA) is 64.1 Å². The first-order valence-corrected chi connectivity index (χ1v) is 7.42. The number of carbonyl (C=O) groups is 2. The predicted octanol–water partition coefficient (Wildman–Crippen LogP) is 1.18. The van der Waals surface area contributed by atoms with Gasteiger partial charge in [-0.1, -0.05) is 20.8 Å². The third-order valence-electron chi connectivity index (χ3n) is 3.36. The minimum Gasteiger partial charge on any atom is -0.480 e. The molecule has 0 aliphatic carbocycles. The maximum absolute atomic E-state index is 12.3. The van der Waals surface area contributed by atoms with Crippen molar-refractivity contribution < 1.29 is 14.7 Å². The summed E-state index contributed by atoms with van der Waals surface area (Å²) < 4.78 is 0. The van der Waals surface area contributed by atoms with E-state index in [1.807, 2.05) is 6.92 Å². The number of hydrogen-bond donors (Lipinski definition) is 1. The molecule has 0 unspecified atom stereocenters. The second-order valence-corrected chi connectivity index (χ2v) is 5.78. The van der Waals surface area contributed by atoms with E-state index in [0.717, 1.165) is 26.1 Å². The quantitative estimate of drug-likeness (QED) is 0.796. The molecule has 1 N–H and O–H groups in total. The van der Waals surface area contributed by atoms with Crippen LogP contribution in [0, 0.1) is 5.92 Å². The largest absolute Gasteiger partial charge is 0.480 e. The average molecular weight is 285 g/mol. The Morgan fingerprint density at radius 1 is 1.20 bits per heavy atom. The van der Waals surface area contributed by atoms with E-state index in [1.165, 1.54) is 4.90 Å². The molecule has 0 aromatic heterocycles. The van der Waals surface area contributed by atoms with Crippen molar-refractivity contribution in [3.63, 3.8) is 0 Å². The molecule has 0 spiro atoms. The highest BCUT2D eigenvalue weighted by atomic mass is 16.4. The first-order valence-electron chi connectivity index (χ1n) is 7.42. The maximum Gasteiger partial charge on any atom is 0.323 e. The van der Waals surface area contributed by atoms with Crippen LogP contribution >= 0.6 is 0 Å². The normalized spacial score (nSPS) is 16.5. The molecule has 1 rings (SSSR count). The molecule has 0 aromatic carbocycles. The Labute approximate surface area is 121 Å². The number of carbonyl (C=O) groups excluding carboxylic acids is 1. The number of amides is 2. The van der Waals surface area contributed by atoms with E-state index < -0.39 is 5.97 Å². The number of nitrogens with zero attached hydrogens (tertiary/aromatic N) is 3. The van der Waals surface area contributed by atoms with Crippen LogP contribution in [-0.4, -0.2) is 77.6 Å². The monoisotopic (exact) mass is 285 g/mol. The van der Waals surface area contributed by atoms with Crippen LogP contribution in [0.25, 0.3) is 0 Å². The summed E-state index contributed by atoms with van der Waals surface area (Å²) in [6.45, 7) is 10.8. The van der Waals surface area contributed by atoms with Gasteiger partial charge in [0, 0.05) is 39.3 Å². The summed E-state index contributed by atoms with van der Waals surface area (Å²) in [7, 11) is 0. The van der Waals surface area contributed by atoms with Gasteiger partial charge in [0.15, 0.2) is 0 Å². The highest BCUT2D eigenvalue weighted by Gasteiger charge is 2.26. The molecule has 1 aliphatic heterocycles. The lowest BCUT2D eigenvalue weighted by Gasteiger charge is -2.37. The van der Waals surface area contributed by atoms with Gasteiger partial charge in [-0.2, -0.15) is 0 Å². The zero-order chi connectivity index (χ0) is 15.1. The van der Waals surface area contributed by atoms with Gasteiger partial charge < -0.3 is 14.9 Å². The Morgan fingerprint density at radius 2 is 1.80 bits per heavy atom. The number of carboxylic acids is 1. The fourth-order valence-electron chi connectivity index (χ4n) is 2.51. The van der Waals surface area contributed by atoms with E-state index >= 15 is 0 Å². The van der Waals surface area contributed by atoms with Gasteiger partial charge >= 0.3 is 12.0 Å². The Bertz CT molecular complexity index is 326. The molecule has 0 aromatic rings. The molecule has 20 heavy (non-hydrogen) atoms. The van der Waals surface area contributed by atoms with Crippen LogP contribution in [0.15, 0.2) is 0 Å². The van der Waals surface area contributed by atoms with Gasteiger partial charge in [0.25, 0.3) is 0 Å². The fourth-order valence-corrected chi connectivity index (χ4v) is 2.51. The van der Waals surface area contributed by atoms with Gasteiger partial charge in [-0.3, -0.25) is 9.69 Å². The molecule has 0 atom stereocenters. The van der Waals surface area contributed by atoms with E-state index in [0.29, 0.717) is 25.6 Å². The number of aliphatic carboxylic acids is 1. The molecular weight excluding hydrogens is 258 g/mol. The van der Waals surface area contributed by atoms with Gasteiger partial charge in [-0.25, -0.2) is 4.79 Å². The van der Waals surface area contributed by atoms with Crippen LogP contribution in [0.5, 0.6) is 0 Å². The lowest BCUT2D eigenvalue weighted by Crippen LogP contribution is -2.54. The first-order chi connectivity index (χ1) is 9.43. The molecule has 116 valence electrons. The Morgan fingerprint density at radius 3 is 2.25 bits per heavy atom. The van der Waals surface area contributed by atoms with Crippen LogP contribution in [0.4, 0.5) is 4.79 Å². The predicted molar refractivity (Wildman–Crippen MR) is 77.7 cm³/mol. The van der Waals surface area contributed by atoms with Crippen LogP contribution in [0.2, 0.25) is 0 Å². The minimum atomic E-state index is -0.953. The second-order valence-electron chi connectivity index (χ2n) is 5.78. The summed E-state index contributed by atoms with van der Waals surface area (Å²) in [4.78, 5) is 28.7. The molecule has 1 saturated heterocycles. The van der Waals surface area contributed by atoms with E-state index in [4.69, 9.17) is 5.11 Å². The van der Waals surface area contributed by atoms with Crippen molar-refractivity contribution in [2.45, 2.75) is 27.2 Å². The number of piperazine rings is 1. The van der Waals surface area contributed by atoms with Gasteiger partial charge in [0.1, 0.15) is 6.54 Å². The summed E-state index contributed by atoms with van der Waals surface area (Å²) >= 11 is 0. The SMILES string of the molecule is CCCN(CC(=O)O)C(=O)N1CCN(CC(C)C)CC1. The zero-order valence-electron chi connectivity index (χ0n) is 12.8. The van der Waals surface area contributed by atoms with Crippen molar-refractivity contribution in [1.29, 1.82) is 0 Å². The molecule has 1 heterocycles. The molecule has 0 radical (unpaired) electrons. The first kappa shape index (κ1) is 16.8. The molecule has 1 fully saturated rings. The number of carboxylic acid groups (broad SMARTS) is 1. The van der Waals surface area contributed by atoms with Crippen LogP contribution < -0.4 is 0 Å². The zero-order valence-corrected chi connectivity index (χ0v) is 12.8. The van der Waals surface area contributed by atoms with Crippen LogP contribution in [0.3, 0.4) is 0 Å². The highest BCUT2D eigenvalue weighted by molar-refractivity contribution is 5.80. The summed E-state index contributed by atoms with van der Waals surface area (Å²) in [5, 5.41) is 8.88. The molecule has 0 saturated carbocycles. The molecular formula is C14H27N3O3. The van der Waals surface area contributed by atoms with Gasteiger partial charge in [0.05, 0.1) is 0 Å². The lowest BCUT2D eigenvalue weighted by atomic mass is 10.2. The van der Waals surface area contributed by atoms with E-state index in [9.17, 15) is 9.59 Å². The summed E-state index contributed by atoms with van der Waals surface area (Å²) in [5.74, 6) is -0.328. The number of hydrogen-bond acceptors (Lipinski definition) is 3. The summed E-state index contributed by atoms with van der Waals surface area (Å²) in [6, 6.07) is -0.140. The highest BCUT2D eigenvalue weighted by Crippen LogP contribution is 2.08. The van der Waals surface area contributed by atoms with Crippen molar-refractivity contribution in [2.75, 3.05) is 45.8 Å². The third kappa shape index (κ3) is 5.36. The second kappa shape index (κ2) is 8.09. The van der Waals surface area contributed by atoms with Crippen molar-refractivity contribution in [3.8, 4) is 0 Å². The van der Waals surface area contributed by atoms with Gasteiger partial charge in [-0.05, 0) is 12.3 Å². The van der Waals surface area contributed by atoms with E-state index in [2.05, 4.69) is 18.7 Å². The summed E-state index contributed by atoms with van der Waals surface area (Å²) in [6.07, 6.45) is 0.770. The molecule has 6 heteroatoms. The minimum absolute atomic E-state index is 0.140. The molecule has 1 aliphatic rings. The Hall–Kier alpha value is -1.30. The van der Waals surface area contributed by atoms with Crippen molar-refractivity contribution in [3.05, 3.63) is 0 Å². The maximum atomic E-state index is 12.3. The summed E-state index contributed by atoms with van der Waals surface area (Å²) in [5.41, 5.74) is 0. The van der Waals surface area contributed by atoms with Crippen molar-refractivity contribution in [2.24, 2.45) is 5.92 Å². The van der Waals surface area contributed by atoms with E-state index in [-0.39, 0.29) is 12.6 Å². The smallest absolute Gasteiger partial charge is 0.323 e. The average Bonchev–Trinajstić information content (AvgIpc) is 2.37. The van der Waals surface area contributed by atoms with Gasteiger partial charge in [0.2, 0.25) is 0 Å². The molecule has 2 amide bonds. The third-order valence-corrected chi connectivity index (χ3v) is 3.36. The number of urea groups is 1. The Balaban J connectivity index is 2.49.